The third-order valence-electron chi connectivity index (χ3n) is 3.03. The zero-order chi connectivity index (χ0) is 12.3. The fourth-order valence-corrected chi connectivity index (χ4v) is 2.07. The summed E-state index contributed by atoms with van der Waals surface area (Å²) in [4.78, 5) is 12.0. The average molecular weight is 234 g/mol. The number of nitrogens with one attached hydrogen (secondary N) is 2. The summed E-state index contributed by atoms with van der Waals surface area (Å²) >= 11 is 0. The lowest BCUT2D eigenvalue weighted by Crippen LogP contribution is -2.45. The van der Waals surface area contributed by atoms with Crippen LogP contribution in [0.2, 0.25) is 0 Å². The number of hydrogen-bond acceptors (Lipinski definition) is 3. The van der Waals surface area contributed by atoms with Gasteiger partial charge in [-0.25, -0.2) is 0 Å². The van der Waals surface area contributed by atoms with E-state index in [2.05, 4.69) is 10.6 Å². The number of phenolic OH excluding ortho intramolecular Hbond substituents is 1. The van der Waals surface area contributed by atoms with Gasteiger partial charge in [0.2, 0.25) is 0 Å². The average Bonchev–Trinajstić information content (AvgIpc) is 2.33. The Balaban J connectivity index is 2.05. The normalized spacial score (nSPS) is 19.9. The quantitative estimate of drug-likeness (QED) is 0.720. The number of carbonyl (C=O) groups excluding carboxylic acids is 1. The third kappa shape index (κ3) is 2.97. The number of aryl methyl sites for hydroxylation is 1. The number of piperidine rings is 1. The molecule has 1 amide bonds. The summed E-state index contributed by atoms with van der Waals surface area (Å²) in [5.41, 5.74) is 1.32. The maximum absolute atomic E-state index is 12.0. The Kier molecular flexibility index (Phi) is 3.64. The van der Waals surface area contributed by atoms with Crippen LogP contribution in [0.3, 0.4) is 0 Å². The highest BCUT2D eigenvalue weighted by Crippen LogP contribution is 2.18. The van der Waals surface area contributed by atoms with Gasteiger partial charge in [0.25, 0.3) is 5.91 Å². The van der Waals surface area contributed by atoms with Crippen molar-refractivity contribution in [3.63, 3.8) is 0 Å². The first-order valence-electron chi connectivity index (χ1n) is 5.98. The molecule has 1 heterocycles. The third-order valence-corrected chi connectivity index (χ3v) is 3.03. The first-order chi connectivity index (χ1) is 8.16. The topological polar surface area (TPSA) is 61.4 Å². The van der Waals surface area contributed by atoms with Gasteiger partial charge in [-0.2, -0.15) is 0 Å². The molecule has 0 radical (unpaired) electrons. The lowest BCUT2D eigenvalue weighted by Gasteiger charge is -2.24. The van der Waals surface area contributed by atoms with Gasteiger partial charge in [0.1, 0.15) is 5.75 Å². The number of benzene rings is 1. The minimum Gasteiger partial charge on any atom is -0.507 e. The predicted octanol–water partition coefficient (Wildman–Crippen LogP) is 1.18. The van der Waals surface area contributed by atoms with Crippen LogP contribution in [0.1, 0.15) is 28.8 Å². The SMILES string of the molecule is Cc1ccc(O)c(C(=O)N[C@@H]2CCCNC2)c1. The molecule has 1 fully saturated rings. The molecule has 0 bridgehead atoms. The zero-order valence-electron chi connectivity index (χ0n) is 9.99. The van der Waals surface area contributed by atoms with Crippen LogP contribution < -0.4 is 10.6 Å². The number of phenols is 1. The highest BCUT2D eigenvalue weighted by molar-refractivity contribution is 5.97. The lowest BCUT2D eigenvalue weighted by molar-refractivity contribution is 0.0928. The molecule has 17 heavy (non-hydrogen) atoms. The van der Waals surface area contributed by atoms with Crippen molar-refractivity contribution < 1.29 is 9.90 Å². The zero-order valence-corrected chi connectivity index (χ0v) is 9.99. The van der Waals surface area contributed by atoms with Gasteiger partial charge in [-0.1, -0.05) is 11.6 Å². The van der Waals surface area contributed by atoms with Gasteiger partial charge in [-0.3, -0.25) is 4.79 Å². The van der Waals surface area contributed by atoms with Crippen LogP contribution in [-0.2, 0) is 0 Å². The van der Waals surface area contributed by atoms with Crippen LogP contribution in [0.25, 0.3) is 0 Å². The largest absolute Gasteiger partial charge is 0.507 e. The van der Waals surface area contributed by atoms with Crippen molar-refractivity contribution in [3.05, 3.63) is 29.3 Å². The maximum atomic E-state index is 12.0. The van der Waals surface area contributed by atoms with E-state index in [9.17, 15) is 9.90 Å². The minimum absolute atomic E-state index is 0.0388. The Morgan fingerprint density at radius 1 is 1.53 bits per heavy atom. The highest BCUT2D eigenvalue weighted by atomic mass is 16.3. The second-order valence-corrected chi connectivity index (χ2v) is 4.54. The summed E-state index contributed by atoms with van der Waals surface area (Å²) in [6, 6.07) is 5.22. The summed E-state index contributed by atoms with van der Waals surface area (Å²) in [6.45, 7) is 3.72. The predicted molar refractivity (Wildman–Crippen MR) is 66.2 cm³/mol. The van der Waals surface area contributed by atoms with Gasteiger partial charge >= 0.3 is 0 Å². The van der Waals surface area contributed by atoms with Crippen LogP contribution in [-0.4, -0.2) is 30.1 Å². The van der Waals surface area contributed by atoms with Crippen LogP contribution in [0.4, 0.5) is 0 Å². The Morgan fingerprint density at radius 2 is 2.35 bits per heavy atom. The summed E-state index contributed by atoms with van der Waals surface area (Å²) in [5.74, 6) is -0.156. The molecule has 1 saturated heterocycles. The van der Waals surface area contributed by atoms with Crippen molar-refractivity contribution in [2.75, 3.05) is 13.1 Å². The molecule has 0 saturated carbocycles. The van der Waals surface area contributed by atoms with Crippen molar-refractivity contribution in [1.82, 2.24) is 10.6 Å². The first kappa shape index (κ1) is 11.9. The molecule has 1 aliphatic heterocycles. The van der Waals surface area contributed by atoms with Gasteiger partial charge in [0, 0.05) is 12.6 Å². The Bertz CT molecular complexity index is 412. The summed E-state index contributed by atoms with van der Waals surface area (Å²) in [5, 5.41) is 15.8. The van der Waals surface area contributed by atoms with Crippen LogP contribution in [0, 0.1) is 6.92 Å². The maximum Gasteiger partial charge on any atom is 0.255 e. The number of aromatic hydroxyl groups is 1. The molecule has 1 aliphatic rings. The molecule has 4 heteroatoms. The summed E-state index contributed by atoms with van der Waals surface area (Å²) in [6.07, 6.45) is 2.07. The molecule has 4 nitrogen and oxygen atoms in total. The van der Waals surface area contributed by atoms with E-state index >= 15 is 0 Å². The van der Waals surface area contributed by atoms with Crippen molar-refractivity contribution in [2.45, 2.75) is 25.8 Å². The monoisotopic (exact) mass is 234 g/mol. The molecule has 0 aromatic heterocycles. The molecule has 3 N–H and O–H groups in total. The van der Waals surface area contributed by atoms with Crippen molar-refractivity contribution in [3.8, 4) is 5.75 Å². The van der Waals surface area contributed by atoms with E-state index in [0.717, 1.165) is 31.5 Å². The van der Waals surface area contributed by atoms with Gasteiger partial charge in [0.15, 0.2) is 0 Å². The Hall–Kier alpha value is -1.55. The van der Waals surface area contributed by atoms with Gasteiger partial charge < -0.3 is 15.7 Å². The van der Waals surface area contributed by atoms with Crippen LogP contribution >= 0.6 is 0 Å². The van der Waals surface area contributed by atoms with Crippen LogP contribution in [0.15, 0.2) is 18.2 Å². The fraction of sp³-hybridized carbons (Fsp3) is 0.462. The van der Waals surface area contributed by atoms with Gasteiger partial charge in [-0.15, -0.1) is 0 Å². The molecule has 1 aromatic rings. The van der Waals surface area contributed by atoms with E-state index in [-0.39, 0.29) is 17.7 Å². The van der Waals surface area contributed by atoms with E-state index in [1.807, 2.05) is 6.92 Å². The lowest BCUT2D eigenvalue weighted by atomic mass is 10.1. The van der Waals surface area contributed by atoms with E-state index < -0.39 is 0 Å². The standard InChI is InChI=1S/C13H18N2O2/c1-9-4-5-12(16)11(7-9)13(17)15-10-3-2-6-14-8-10/h4-5,7,10,14,16H,2-3,6,8H2,1H3,(H,15,17)/t10-/m1/s1. The van der Waals surface area contributed by atoms with Crippen molar-refractivity contribution in [2.24, 2.45) is 0 Å². The summed E-state index contributed by atoms with van der Waals surface area (Å²) < 4.78 is 0. The van der Waals surface area contributed by atoms with Gasteiger partial charge in [-0.05, 0) is 38.4 Å². The molecule has 1 atom stereocenters. The molecule has 0 unspecified atom stereocenters. The summed E-state index contributed by atoms with van der Waals surface area (Å²) in [7, 11) is 0. The smallest absolute Gasteiger partial charge is 0.255 e. The molecule has 1 aromatic carbocycles. The number of amides is 1. The van der Waals surface area contributed by atoms with Crippen molar-refractivity contribution >= 4 is 5.91 Å². The Labute approximate surface area is 101 Å². The van der Waals surface area contributed by atoms with Crippen molar-refractivity contribution in [1.29, 1.82) is 0 Å². The molecule has 0 aliphatic carbocycles. The second-order valence-electron chi connectivity index (χ2n) is 4.54. The molecule has 2 rings (SSSR count). The number of carbonyl (C=O) groups is 1. The molecular weight excluding hydrogens is 216 g/mol. The van der Waals surface area contributed by atoms with Gasteiger partial charge in [0.05, 0.1) is 5.56 Å². The highest BCUT2D eigenvalue weighted by Gasteiger charge is 2.18. The molecular formula is C13H18N2O2. The van der Waals surface area contributed by atoms with E-state index in [1.165, 1.54) is 0 Å². The minimum atomic E-state index is -0.195. The van der Waals surface area contributed by atoms with E-state index in [0.29, 0.717) is 5.56 Å². The van der Waals surface area contributed by atoms with E-state index in [4.69, 9.17) is 0 Å². The van der Waals surface area contributed by atoms with E-state index in [1.54, 1.807) is 18.2 Å². The first-order valence-corrected chi connectivity index (χ1v) is 5.98. The fourth-order valence-electron chi connectivity index (χ4n) is 2.07. The second kappa shape index (κ2) is 5.19. The number of hydrogen-bond donors (Lipinski definition) is 3. The Morgan fingerprint density at radius 3 is 3.06 bits per heavy atom. The van der Waals surface area contributed by atoms with Crippen LogP contribution in [0.5, 0.6) is 5.75 Å². The molecule has 0 spiro atoms. The number of rotatable bonds is 2. The molecule has 92 valence electrons.